The third kappa shape index (κ3) is 1.60. The maximum atomic E-state index is 10.9. The van der Waals surface area contributed by atoms with Gasteiger partial charge in [-0.3, -0.25) is 20.4 Å². The summed E-state index contributed by atoms with van der Waals surface area (Å²) in [4.78, 5) is 21.9. The summed E-state index contributed by atoms with van der Waals surface area (Å²) < 4.78 is 0. The Balaban J connectivity index is 3.02. The number of nitrogens with two attached hydrogens (primary N) is 2. The molecule has 0 aliphatic carbocycles. The second kappa shape index (κ2) is 3.60. The third-order valence-corrected chi connectivity index (χ3v) is 1.24. The minimum Gasteiger partial charge on any atom is -0.289 e. The Hall–Kier alpha value is -2.00. The maximum Gasteiger partial charge on any atom is 0.288 e. The monoisotopic (exact) mass is 185 g/mol. The molecule has 0 fully saturated rings. The topological polar surface area (TPSA) is 152 Å². The summed E-state index contributed by atoms with van der Waals surface area (Å²) in [6, 6.07) is 0. The molecule has 7 N–H and O–H groups in total. The lowest BCUT2D eigenvalue weighted by Crippen LogP contribution is -2.35. The highest BCUT2D eigenvalue weighted by atomic mass is 16.2. The molecule has 0 atom stereocenters. The van der Waals surface area contributed by atoms with Gasteiger partial charge in [0, 0.05) is 0 Å². The van der Waals surface area contributed by atoms with Gasteiger partial charge in [0.05, 0.1) is 0 Å². The second-order valence-electron chi connectivity index (χ2n) is 1.97. The SMILES string of the molecule is NNC(=O)c1n[nH]nc1C(=O)NN. The van der Waals surface area contributed by atoms with Crippen molar-refractivity contribution < 1.29 is 9.59 Å². The van der Waals surface area contributed by atoms with Crippen molar-refractivity contribution in [1.29, 1.82) is 0 Å². The first-order valence-electron chi connectivity index (χ1n) is 3.13. The highest BCUT2D eigenvalue weighted by molar-refractivity contribution is 6.04. The number of amides is 2. The molecule has 70 valence electrons. The van der Waals surface area contributed by atoms with E-state index < -0.39 is 11.8 Å². The van der Waals surface area contributed by atoms with Crippen LogP contribution in [-0.2, 0) is 0 Å². The number of carbonyl (C=O) groups excluding carboxylic acids is 2. The van der Waals surface area contributed by atoms with Gasteiger partial charge in [0.2, 0.25) is 0 Å². The van der Waals surface area contributed by atoms with E-state index >= 15 is 0 Å². The quantitative estimate of drug-likeness (QED) is 0.188. The van der Waals surface area contributed by atoms with Gasteiger partial charge < -0.3 is 0 Å². The Morgan fingerprint density at radius 3 is 1.77 bits per heavy atom. The highest BCUT2D eigenvalue weighted by Crippen LogP contribution is 1.98. The third-order valence-electron chi connectivity index (χ3n) is 1.24. The van der Waals surface area contributed by atoms with Crippen LogP contribution in [0.3, 0.4) is 0 Å². The van der Waals surface area contributed by atoms with Crippen molar-refractivity contribution >= 4 is 11.8 Å². The van der Waals surface area contributed by atoms with Crippen LogP contribution in [0.4, 0.5) is 0 Å². The van der Waals surface area contributed by atoms with Gasteiger partial charge in [-0.2, -0.15) is 5.21 Å². The number of H-pyrrole nitrogens is 1. The summed E-state index contributed by atoms with van der Waals surface area (Å²) in [7, 11) is 0. The predicted molar refractivity (Wildman–Crippen MR) is 39.7 cm³/mol. The van der Waals surface area contributed by atoms with Gasteiger partial charge in [-0.25, -0.2) is 11.7 Å². The van der Waals surface area contributed by atoms with Crippen molar-refractivity contribution in [2.75, 3.05) is 0 Å². The molecule has 0 radical (unpaired) electrons. The van der Waals surface area contributed by atoms with Crippen molar-refractivity contribution in [2.45, 2.75) is 0 Å². The molecule has 1 heterocycles. The molecule has 1 aromatic rings. The molecule has 1 rings (SSSR count). The van der Waals surface area contributed by atoms with Crippen molar-refractivity contribution in [2.24, 2.45) is 11.7 Å². The van der Waals surface area contributed by atoms with Crippen LogP contribution in [0.15, 0.2) is 0 Å². The molecule has 13 heavy (non-hydrogen) atoms. The van der Waals surface area contributed by atoms with Crippen LogP contribution in [0.5, 0.6) is 0 Å². The molecule has 9 nitrogen and oxygen atoms in total. The van der Waals surface area contributed by atoms with Crippen molar-refractivity contribution in [3.63, 3.8) is 0 Å². The zero-order valence-electron chi connectivity index (χ0n) is 6.37. The summed E-state index contributed by atoms with van der Waals surface area (Å²) >= 11 is 0. The molecule has 0 aliphatic heterocycles. The number of nitrogens with one attached hydrogen (secondary N) is 3. The summed E-state index contributed by atoms with van der Waals surface area (Å²) in [5.41, 5.74) is 3.17. The lowest BCUT2D eigenvalue weighted by Gasteiger charge is -1.96. The first kappa shape index (κ1) is 9.09. The Kier molecular flexibility index (Phi) is 2.52. The highest BCUT2D eigenvalue weighted by Gasteiger charge is 2.20. The van der Waals surface area contributed by atoms with Crippen LogP contribution in [-0.4, -0.2) is 27.2 Å². The van der Waals surface area contributed by atoms with Crippen LogP contribution >= 0.6 is 0 Å². The van der Waals surface area contributed by atoms with Crippen LogP contribution in [0.1, 0.15) is 21.0 Å². The van der Waals surface area contributed by atoms with E-state index in [0.29, 0.717) is 0 Å². The molecule has 0 bridgehead atoms. The molecule has 0 aromatic carbocycles. The summed E-state index contributed by atoms with van der Waals surface area (Å²) in [5, 5.41) is 8.92. The Labute approximate surface area is 71.8 Å². The molecule has 9 heteroatoms. The van der Waals surface area contributed by atoms with E-state index in [0.717, 1.165) is 0 Å². The van der Waals surface area contributed by atoms with E-state index in [4.69, 9.17) is 11.7 Å². The van der Waals surface area contributed by atoms with Crippen LogP contribution in [0.25, 0.3) is 0 Å². The Morgan fingerprint density at radius 2 is 1.46 bits per heavy atom. The number of carbonyl (C=O) groups is 2. The number of hydrogen-bond donors (Lipinski definition) is 5. The average Bonchev–Trinajstić information content (AvgIpc) is 2.63. The van der Waals surface area contributed by atoms with Crippen molar-refractivity contribution in [3.05, 3.63) is 11.4 Å². The van der Waals surface area contributed by atoms with Crippen LogP contribution < -0.4 is 22.5 Å². The fraction of sp³-hybridized carbons (Fsp3) is 0. The molecule has 0 saturated carbocycles. The fourth-order valence-electron chi connectivity index (χ4n) is 0.684. The fourth-order valence-corrected chi connectivity index (χ4v) is 0.684. The normalized spacial score (nSPS) is 9.38. The average molecular weight is 185 g/mol. The Bertz CT molecular complexity index is 300. The zero-order valence-corrected chi connectivity index (χ0v) is 6.37. The lowest BCUT2D eigenvalue weighted by molar-refractivity contribution is 0.0914. The van der Waals surface area contributed by atoms with Crippen molar-refractivity contribution in [3.8, 4) is 0 Å². The molecule has 2 amide bonds. The van der Waals surface area contributed by atoms with Gasteiger partial charge in [-0.15, -0.1) is 10.2 Å². The van der Waals surface area contributed by atoms with E-state index in [2.05, 4.69) is 15.4 Å². The maximum absolute atomic E-state index is 10.9. The molecule has 0 aliphatic rings. The summed E-state index contributed by atoms with van der Waals surface area (Å²) in [6.07, 6.45) is 0. The van der Waals surface area contributed by atoms with Gasteiger partial charge in [0.25, 0.3) is 11.8 Å². The number of nitrogen functional groups attached to an aromatic ring is 2. The van der Waals surface area contributed by atoms with E-state index in [1.807, 2.05) is 0 Å². The standard InChI is InChI=1S/C4H7N7O2/c5-7-3(12)1-2(4(13)8-6)10-11-9-1/h5-6H2,(H,7,12)(H,8,13)(H,9,10,11). The van der Waals surface area contributed by atoms with E-state index in [1.54, 1.807) is 10.9 Å². The molecule has 0 spiro atoms. The molecule has 0 unspecified atom stereocenters. The minimum absolute atomic E-state index is 0.217. The number of aromatic amines is 1. The van der Waals surface area contributed by atoms with Crippen molar-refractivity contribution in [1.82, 2.24) is 26.3 Å². The summed E-state index contributed by atoms with van der Waals surface area (Å²) in [6.45, 7) is 0. The first-order chi connectivity index (χ1) is 6.20. The van der Waals surface area contributed by atoms with E-state index in [1.165, 1.54) is 0 Å². The molecule has 0 saturated heterocycles. The van der Waals surface area contributed by atoms with Gasteiger partial charge in [-0.1, -0.05) is 0 Å². The zero-order chi connectivity index (χ0) is 9.84. The molecular weight excluding hydrogens is 178 g/mol. The molecule has 1 aromatic heterocycles. The smallest absolute Gasteiger partial charge is 0.288 e. The first-order valence-corrected chi connectivity index (χ1v) is 3.13. The van der Waals surface area contributed by atoms with Gasteiger partial charge in [-0.05, 0) is 0 Å². The lowest BCUT2D eigenvalue weighted by atomic mass is 10.3. The number of hydrogen-bond acceptors (Lipinski definition) is 6. The summed E-state index contributed by atoms with van der Waals surface area (Å²) in [5.74, 6) is 8.20. The minimum atomic E-state index is -0.729. The van der Waals surface area contributed by atoms with Gasteiger partial charge in [0.15, 0.2) is 11.4 Å². The second-order valence-corrected chi connectivity index (χ2v) is 1.97. The number of nitrogens with zero attached hydrogens (tertiary/aromatic N) is 2. The number of rotatable bonds is 2. The largest absolute Gasteiger partial charge is 0.289 e. The van der Waals surface area contributed by atoms with Gasteiger partial charge >= 0.3 is 0 Å². The van der Waals surface area contributed by atoms with Crippen LogP contribution in [0.2, 0.25) is 0 Å². The predicted octanol–water partition coefficient (Wildman–Crippen LogP) is -2.99. The van der Waals surface area contributed by atoms with Gasteiger partial charge in [0.1, 0.15) is 0 Å². The van der Waals surface area contributed by atoms with Crippen LogP contribution in [0, 0.1) is 0 Å². The van der Waals surface area contributed by atoms with E-state index in [-0.39, 0.29) is 11.4 Å². The molecular formula is C4H7N7O2. The van der Waals surface area contributed by atoms with E-state index in [9.17, 15) is 9.59 Å². The number of aromatic nitrogens is 3. The Morgan fingerprint density at radius 1 is 1.08 bits per heavy atom. The number of hydrazine groups is 2.